The van der Waals surface area contributed by atoms with Gasteiger partial charge in [0, 0.05) is 13.0 Å². The van der Waals surface area contributed by atoms with Crippen molar-refractivity contribution < 1.29 is 44.2 Å². The molecule has 1 aliphatic rings. The van der Waals surface area contributed by atoms with Crippen LogP contribution in [-0.4, -0.2) is 89.6 Å². The summed E-state index contributed by atoms with van der Waals surface area (Å²) in [5.74, 6) is -0.322. The van der Waals surface area contributed by atoms with Crippen LogP contribution in [0, 0.1) is 0 Å². The molecule has 60 heavy (non-hydrogen) atoms. The highest BCUT2D eigenvalue weighted by molar-refractivity contribution is 5.69. The smallest absolute Gasteiger partial charge is 0.306 e. The van der Waals surface area contributed by atoms with E-state index in [1.165, 1.54) is 96.3 Å². The minimum absolute atomic E-state index is 0.119. The molecule has 0 amide bonds. The van der Waals surface area contributed by atoms with Gasteiger partial charge in [-0.2, -0.15) is 0 Å². The molecule has 6 atom stereocenters. The highest BCUT2D eigenvalue weighted by Gasteiger charge is 2.44. The summed E-state index contributed by atoms with van der Waals surface area (Å²) in [6.45, 7) is 4.42. The molecule has 9 heteroatoms. The predicted molar refractivity (Wildman–Crippen MR) is 247 cm³/mol. The summed E-state index contributed by atoms with van der Waals surface area (Å²) in [5.41, 5.74) is 0. The average Bonchev–Trinajstić information content (AvgIpc) is 3.25. The van der Waals surface area contributed by atoms with Crippen molar-refractivity contribution in [3.8, 4) is 0 Å². The summed E-state index contributed by atoms with van der Waals surface area (Å²) in [5, 5.41) is 40.2. The highest BCUT2D eigenvalue weighted by atomic mass is 16.7. The maximum absolute atomic E-state index is 12.8. The zero-order chi connectivity index (χ0) is 43.6. The number of carbonyl (C=O) groups is 1. The first kappa shape index (κ1) is 55.9. The molecule has 1 rings (SSSR count). The molecule has 0 saturated carbocycles. The molecule has 6 unspecified atom stereocenters. The van der Waals surface area contributed by atoms with E-state index in [4.69, 9.17) is 18.9 Å². The third-order valence-corrected chi connectivity index (χ3v) is 10.9. The second-order valence-electron chi connectivity index (χ2n) is 16.5. The number of esters is 1. The minimum atomic E-state index is -1.54. The van der Waals surface area contributed by atoms with Crippen LogP contribution in [0.2, 0.25) is 0 Å². The van der Waals surface area contributed by atoms with Crippen molar-refractivity contribution in [2.45, 2.75) is 230 Å². The number of aliphatic hydroxyl groups excluding tert-OH is 4. The topological polar surface area (TPSA) is 135 Å². The second kappa shape index (κ2) is 42.2. The number of hydrogen-bond donors (Lipinski definition) is 4. The van der Waals surface area contributed by atoms with Crippen LogP contribution < -0.4 is 0 Å². The molecule has 9 nitrogen and oxygen atoms in total. The monoisotopic (exact) mass is 847 g/mol. The number of aliphatic hydroxyl groups is 4. The minimum Gasteiger partial charge on any atom is -0.457 e. The molecule has 0 aromatic rings. The van der Waals surface area contributed by atoms with Crippen LogP contribution in [0.3, 0.4) is 0 Å². The Morgan fingerprint density at radius 2 is 1.02 bits per heavy atom. The van der Waals surface area contributed by atoms with Crippen molar-refractivity contribution in [2.75, 3.05) is 26.4 Å². The second-order valence-corrected chi connectivity index (χ2v) is 16.5. The van der Waals surface area contributed by atoms with Crippen LogP contribution in [0.25, 0.3) is 0 Å². The molecule has 1 aliphatic heterocycles. The number of allylic oxidation sites excluding steroid dienone is 10. The average molecular weight is 847 g/mol. The molecule has 0 bridgehead atoms. The normalized spacial score (nSPS) is 20.5. The Balaban J connectivity index is 2.22. The summed E-state index contributed by atoms with van der Waals surface area (Å²) in [4.78, 5) is 12.8. The Bertz CT molecular complexity index is 1100. The molecular weight excluding hydrogens is 757 g/mol. The molecule has 0 spiro atoms. The van der Waals surface area contributed by atoms with Crippen molar-refractivity contribution in [3.63, 3.8) is 0 Å². The fraction of sp³-hybridized carbons (Fsp3) is 0.784. The lowest BCUT2D eigenvalue weighted by atomic mass is 9.99. The van der Waals surface area contributed by atoms with Crippen LogP contribution >= 0.6 is 0 Å². The van der Waals surface area contributed by atoms with Crippen molar-refractivity contribution in [1.82, 2.24) is 0 Å². The van der Waals surface area contributed by atoms with Crippen LogP contribution in [0.4, 0.5) is 0 Å². The van der Waals surface area contributed by atoms with Gasteiger partial charge in [0.25, 0.3) is 0 Å². The lowest BCUT2D eigenvalue weighted by Gasteiger charge is -2.39. The number of hydrogen-bond acceptors (Lipinski definition) is 9. The molecule has 0 radical (unpaired) electrons. The summed E-state index contributed by atoms with van der Waals surface area (Å²) in [6, 6.07) is 0. The van der Waals surface area contributed by atoms with Crippen molar-refractivity contribution in [1.29, 1.82) is 0 Å². The summed E-state index contributed by atoms with van der Waals surface area (Å²) in [6.07, 6.45) is 46.7. The Kier molecular flexibility index (Phi) is 39.3. The third-order valence-electron chi connectivity index (χ3n) is 10.9. The van der Waals surface area contributed by atoms with Crippen molar-refractivity contribution in [2.24, 2.45) is 0 Å². The molecule has 1 fully saturated rings. The number of ether oxygens (including phenoxy) is 4. The predicted octanol–water partition coefficient (Wildman–Crippen LogP) is 11.5. The summed E-state index contributed by atoms with van der Waals surface area (Å²) >= 11 is 0. The summed E-state index contributed by atoms with van der Waals surface area (Å²) < 4.78 is 22.8. The Morgan fingerprint density at radius 1 is 0.550 bits per heavy atom. The highest BCUT2D eigenvalue weighted by Crippen LogP contribution is 2.22. The Morgan fingerprint density at radius 3 is 1.55 bits per heavy atom. The van der Waals surface area contributed by atoms with E-state index in [0.717, 1.165) is 77.0 Å². The zero-order valence-corrected chi connectivity index (χ0v) is 38.2. The van der Waals surface area contributed by atoms with Gasteiger partial charge in [-0.3, -0.25) is 4.79 Å². The van der Waals surface area contributed by atoms with Gasteiger partial charge < -0.3 is 39.4 Å². The summed E-state index contributed by atoms with van der Waals surface area (Å²) in [7, 11) is 0. The van der Waals surface area contributed by atoms with Crippen LogP contribution in [-0.2, 0) is 23.7 Å². The first-order valence-corrected chi connectivity index (χ1v) is 24.4. The zero-order valence-electron chi connectivity index (χ0n) is 38.2. The van der Waals surface area contributed by atoms with Gasteiger partial charge in [-0.05, 0) is 77.0 Å². The van der Waals surface area contributed by atoms with Crippen LogP contribution in [0.5, 0.6) is 0 Å². The van der Waals surface area contributed by atoms with Crippen LogP contribution in [0.1, 0.15) is 194 Å². The first-order chi connectivity index (χ1) is 29.4. The molecule has 0 aromatic heterocycles. The van der Waals surface area contributed by atoms with Gasteiger partial charge in [-0.1, -0.05) is 171 Å². The van der Waals surface area contributed by atoms with Gasteiger partial charge in [0.2, 0.25) is 0 Å². The van der Waals surface area contributed by atoms with E-state index in [9.17, 15) is 25.2 Å². The maximum Gasteiger partial charge on any atom is 0.306 e. The lowest BCUT2D eigenvalue weighted by molar-refractivity contribution is -0.305. The first-order valence-electron chi connectivity index (χ1n) is 24.4. The van der Waals surface area contributed by atoms with E-state index in [-0.39, 0.29) is 19.2 Å². The molecule has 1 saturated heterocycles. The van der Waals surface area contributed by atoms with E-state index in [1.807, 2.05) is 0 Å². The number of rotatable bonds is 41. The molecule has 348 valence electrons. The molecule has 1 heterocycles. The fourth-order valence-corrected chi connectivity index (χ4v) is 7.12. The van der Waals surface area contributed by atoms with Gasteiger partial charge in [0.15, 0.2) is 6.29 Å². The van der Waals surface area contributed by atoms with Crippen molar-refractivity contribution >= 4 is 5.97 Å². The number of unbranched alkanes of at least 4 members (excludes halogenated alkanes) is 20. The number of carbonyl (C=O) groups excluding carboxylic acids is 1. The molecule has 4 N–H and O–H groups in total. The van der Waals surface area contributed by atoms with Crippen LogP contribution in [0.15, 0.2) is 60.8 Å². The van der Waals surface area contributed by atoms with Gasteiger partial charge in [-0.25, -0.2) is 0 Å². The Labute approximate surface area is 366 Å². The largest absolute Gasteiger partial charge is 0.457 e. The van der Waals surface area contributed by atoms with E-state index in [1.54, 1.807) is 0 Å². The SMILES string of the molecule is CC/C=C\C/C=C\C/C=C\C/C=C\CCCCCCCCCCCCC(=O)OC(COCCCCCCCC/C=C\CCCCCC)COC1OC(CO)C(O)C(O)C1O. The molecule has 0 aromatic carbocycles. The van der Waals surface area contributed by atoms with Gasteiger partial charge in [-0.15, -0.1) is 0 Å². The van der Waals surface area contributed by atoms with E-state index in [2.05, 4.69) is 74.6 Å². The third kappa shape index (κ3) is 32.6. The van der Waals surface area contributed by atoms with Crippen molar-refractivity contribution in [3.05, 3.63) is 60.8 Å². The van der Waals surface area contributed by atoms with Gasteiger partial charge >= 0.3 is 5.97 Å². The maximum atomic E-state index is 12.8. The Hall–Kier alpha value is -2.11. The van der Waals surface area contributed by atoms with E-state index < -0.39 is 43.4 Å². The molecular formula is C51H90O9. The molecule has 0 aliphatic carbocycles. The van der Waals surface area contributed by atoms with E-state index in [0.29, 0.717) is 13.0 Å². The lowest BCUT2D eigenvalue weighted by Crippen LogP contribution is -2.59. The quantitative estimate of drug-likeness (QED) is 0.0269. The van der Waals surface area contributed by atoms with E-state index >= 15 is 0 Å². The standard InChI is InChI=1S/C51H90O9/c1-3-5-7-9-11-13-15-17-19-20-21-22-23-24-25-26-27-28-30-32-34-36-38-40-47(53)59-45(44-58-51-50(56)49(55)48(54)46(42-52)60-51)43-57-41-39-37-35-33-31-29-18-16-14-12-10-8-6-4-2/h5,7,11,13-14,16-17,19,21-22,45-46,48-52,54-56H,3-4,6,8-10,12,15,18,20,23-44H2,1-2H3/b7-5-,13-11-,16-14-,19-17-,22-21-. The van der Waals surface area contributed by atoms with Gasteiger partial charge in [0.1, 0.15) is 30.5 Å². The fourth-order valence-electron chi connectivity index (χ4n) is 7.12. The van der Waals surface area contributed by atoms with Gasteiger partial charge in [0.05, 0.1) is 19.8 Å².